The van der Waals surface area contributed by atoms with Gasteiger partial charge in [-0.15, -0.1) is 0 Å². The summed E-state index contributed by atoms with van der Waals surface area (Å²) in [6, 6.07) is -0.389. The third-order valence-corrected chi connectivity index (χ3v) is 9.00. The van der Waals surface area contributed by atoms with Crippen LogP contribution in [0.4, 0.5) is 4.79 Å². The summed E-state index contributed by atoms with van der Waals surface area (Å²) < 4.78 is 0. The van der Waals surface area contributed by atoms with Gasteiger partial charge >= 0.3 is 6.03 Å². The van der Waals surface area contributed by atoms with Crippen molar-refractivity contribution in [1.29, 1.82) is 0 Å². The second kappa shape index (κ2) is 7.20. The Morgan fingerprint density at radius 1 is 1.00 bits per heavy atom. The molecule has 3 fully saturated rings. The zero-order chi connectivity index (χ0) is 21.9. The maximum Gasteiger partial charge on any atom is 0.321 e. The number of ketones is 1. The zero-order valence-corrected chi connectivity index (χ0v) is 19.3. The van der Waals surface area contributed by atoms with E-state index in [4.69, 9.17) is 0 Å². The molecule has 0 aliphatic heterocycles. The molecular formula is C25H38N2O3. The van der Waals surface area contributed by atoms with E-state index in [-0.39, 0.29) is 34.2 Å². The van der Waals surface area contributed by atoms with E-state index in [0.717, 1.165) is 44.9 Å². The molecule has 4 aliphatic rings. The number of hydrogen-bond acceptors (Lipinski definition) is 3. The molecule has 0 aromatic carbocycles. The van der Waals surface area contributed by atoms with Gasteiger partial charge in [0.2, 0.25) is 5.91 Å². The van der Waals surface area contributed by atoms with E-state index in [1.54, 1.807) is 0 Å². The Balaban J connectivity index is 1.50. The van der Waals surface area contributed by atoms with Gasteiger partial charge in [0, 0.05) is 17.9 Å². The van der Waals surface area contributed by atoms with E-state index in [9.17, 15) is 14.4 Å². The van der Waals surface area contributed by atoms with Crippen molar-refractivity contribution in [2.75, 3.05) is 0 Å². The van der Waals surface area contributed by atoms with Crippen molar-refractivity contribution in [1.82, 2.24) is 10.6 Å². The lowest BCUT2D eigenvalue weighted by atomic mass is 9.47. The van der Waals surface area contributed by atoms with Crippen LogP contribution in [0.5, 0.6) is 0 Å². The van der Waals surface area contributed by atoms with Crippen LogP contribution in [0.3, 0.4) is 0 Å². The predicted molar refractivity (Wildman–Crippen MR) is 117 cm³/mol. The first-order valence-electron chi connectivity index (χ1n) is 11.8. The summed E-state index contributed by atoms with van der Waals surface area (Å²) in [5.74, 6) is 1.88. The maximum atomic E-state index is 13.1. The minimum absolute atomic E-state index is 0.0324. The minimum Gasteiger partial charge on any atom is -0.333 e. The van der Waals surface area contributed by atoms with Crippen molar-refractivity contribution in [2.24, 2.45) is 34.5 Å². The summed E-state index contributed by atoms with van der Waals surface area (Å²) in [7, 11) is 0. The Labute approximate surface area is 180 Å². The van der Waals surface area contributed by atoms with Crippen molar-refractivity contribution in [3.8, 4) is 0 Å². The molecular weight excluding hydrogens is 376 g/mol. The molecule has 0 saturated heterocycles. The first kappa shape index (κ1) is 21.6. The van der Waals surface area contributed by atoms with Gasteiger partial charge in [-0.3, -0.25) is 14.9 Å². The van der Waals surface area contributed by atoms with Gasteiger partial charge in [-0.05, 0) is 100 Å². The lowest BCUT2D eigenvalue weighted by molar-refractivity contribution is -0.131. The number of rotatable bonds is 1. The highest BCUT2D eigenvalue weighted by Gasteiger charge is 2.60. The standard InChI is InChI=1S/C25H38N2O3/c1-23(2,3)27-22(30)26-21(29)20-9-8-18-17-7-6-15-14-16(28)10-12-24(15,4)19(17)11-13-25(18,20)5/h14,17-20H,6-13H2,1-5H3,(H2,26,27,29,30)/t17?,18?,19?,20?,24-,25-/m0/s1. The number of fused-ring (bicyclic) bond motifs is 5. The van der Waals surface area contributed by atoms with Crippen LogP contribution in [0.2, 0.25) is 0 Å². The Kier molecular flexibility index (Phi) is 5.18. The molecule has 0 spiro atoms. The molecule has 4 rings (SSSR count). The molecule has 0 aromatic heterocycles. The maximum absolute atomic E-state index is 13.1. The average Bonchev–Trinajstić information content (AvgIpc) is 2.98. The summed E-state index contributed by atoms with van der Waals surface area (Å²) in [6.45, 7) is 10.4. The number of imide groups is 1. The number of amides is 3. The van der Waals surface area contributed by atoms with Gasteiger partial charge in [-0.2, -0.15) is 0 Å². The lowest BCUT2D eigenvalue weighted by Crippen LogP contribution is -2.54. The Bertz CT molecular complexity index is 795. The van der Waals surface area contributed by atoms with Gasteiger partial charge in [0.05, 0.1) is 0 Å². The third kappa shape index (κ3) is 3.52. The van der Waals surface area contributed by atoms with Crippen molar-refractivity contribution >= 4 is 17.7 Å². The van der Waals surface area contributed by atoms with Crippen molar-refractivity contribution < 1.29 is 14.4 Å². The fourth-order valence-corrected chi connectivity index (χ4v) is 7.56. The van der Waals surface area contributed by atoms with Crippen LogP contribution in [-0.4, -0.2) is 23.3 Å². The smallest absolute Gasteiger partial charge is 0.321 e. The van der Waals surface area contributed by atoms with E-state index in [1.807, 2.05) is 26.8 Å². The molecule has 30 heavy (non-hydrogen) atoms. The largest absolute Gasteiger partial charge is 0.333 e. The highest BCUT2D eigenvalue weighted by atomic mass is 16.2. The van der Waals surface area contributed by atoms with Crippen LogP contribution in [0, 0.1) is 34.5 Å². The van der Waals surface area contributed by atoms with E-state index in [1.165, 1.54) is 5.57 Å². The molecule has 0 aromatic rings. The Morgan fingerprint density at radius 2 is 1.73 bits per heavy atom. The molecule has 0 heterocycles. The van der Waals surface area contributed by atoms with Crippen LogP contribution < -0.4 is 10.6 Å². The third-order valence-electron chi connectivity index (χ3n) is 9.00. The predicted octanol–water partition coefficient (Wildman–Crippen LogP) is 4.76. The van der Waals surface area contributed by atoms with Crippen molar-refractivity contribution in [3.63, 3.8) is 0 Å². The molecule has 3 saturated carbocycles. The second-order valence-electron chi connectivity index (χ2n) is 11.8. The van der Waals surface area contributed by atoms with E-state index >= 15 is 0 Å². The van der Waals surface area contributed by atoms with Gasteiger partial charge in [0.25, 0.3) is 0 Å². The van der Waals surface area contributed by atoms with Gasteiger partial charge in [-0.1, -0.05) is 19.4 Å². The van der Waals surface area contributed by atoms with Crippen LogP contribution in [0.15, 0.2) is 11.6 Å². The van der Waals surface area contributed by atoms with Crippen LogP contribution in [0.1, 0.15) is 86.0 Å². The van der Waals surface area contributed by atoms with Gasteiger partial charge in [0.15, 0.2) is 5.78 Å². The Morgan fingerprint density at radius 3 is 2.43 bits per heavy atom. The van der Waals surface area contributed by atoms with E-state index < -0.39 is 0 Å². The quantitative estimate of drug-likeness (QED) is 0.650. The molecule has 4 aliphatic carbocycles. The van der Waals surface area contributed by atoms with E-state index in [2.05, 4.69) is 24.5 Å². The minimum atomic E-state index is -0.389. The highest BCUT2D eigenvalue weighted by Crippen LogP contribution is 2.66. The number of nitrogens with one attached hydrogen (secondary N) is 2. The van der Waals surface area contributed by atoms with Gasteiger partial charge in [-0.25, -0.2) is 4.79 Å². The number of allylic oxidation sites excluding steroid dienone is 1. The van der Waals surface area contributed by atoms with Crippen LogP contribution in [0.25, 0.3) is 0 Å². The lowest BCUT2D eigenvalue weighted by Gasteiger charge is -2.58. The topological polar surface area (TPSA) is 75.3 Å². The molecule has 0 bridgehead atoms. The zero-order valence-electron chi connectivity index (χ0n) is 19.3. The summed E-state index contributed by atoms with van der Waals surface area (Å²) in [6.07, 6.45) is 9.89. The number of carbonyl (C=O) groups is 3. The van der Waals surface area contributed by atoms with Crippen LogP contribution >= 0.6 is 0 Å². The second-order valence-corrected chi connectivity index (χ2v) is 11.8. The molecule has 0 radical (unpaired) electrons. The highest BCUT2D eigenvalue weighted by molar-refractivity contribution is 5.96. The Hall–Kier alpha value is -1.65. The molecule has 166 valence electrons. The van der Waals surface area contributed by atoms with Gasteiger partial charge in [0.1, 0.15) is 0 Å². The fourth-order valence-electron chi connectivity index (χ4n) is 7.56. The summed E-state index contributed by atoms with van der Waals surface area (Å²) >= 11 is 0. The first-order chi connectivity index (χ1) is 13.9. The normalized spacial score (nSPS) is 40.6. The SMILES string of the molecule is CC(C)(C)NC(=O)NC(=O)C1CCC2C3CCC4=CC(=O)CC[C@]4(C)C3CC[C@]12C. The molecule has 5 nitrogen and oxygen atoms in total. The van der Waals surface area contributed by atoms with Crippen LogP contribution in [-0.2, 0) is 9.59 Å². The van der Waals surface area contributed by atoms with E-state index in [0.29, 0.717) is 30.0 Å². The molecule has 3 amide bonds. The summed E-state index contributed by atoms with van der Waals surface area (Å²) in [5, 5.41) is 5.47. The van der Waals surface area contributed by atoms with Crippen molar-refractivity contribution in [2.45, 2.75) is 91.5 Å². The first-order valence-corrected chi connectivity index (χ1v) is 11.8. The number of hydrogen-bond donors (Lipinski definition) is 2. The molecule has 6 atom stereocenters. The molecule has 4 unspecified atom stereocenters. The molecule has 2 N–H and O–H groups in total. The molecule has 5 heteroatoms. The number of carbonyl (C=O) groups excluding carboxylic acids is 3. The average molecular weight is 415 g/mol. The monoisotopic (exact) mass is 414 g/mol. The summed E-state index contributed by atoms with van der Waals surface area (Å²) in [5.41, 5.74) is 1.14. The number of urea groups is 1. The van der Waals surface area contributed by atoms with Gasteiger partial charge < -0.3 is 5.32 Å². The fraction of sp³-hybridized carbons (Fsp3) is 0.800. The van der Waals surface area contributed by atoms with Crippen molar-refractivity contribution in [3.05, 3.63) is 11.6 Å². The summed E-state index contributed by atoms with van der Waals surface area (Å²) in [4.78, 5) is 37.3.